The maximum atomic E-state index is 13.5. The van der Waals surface area contributed by atoms with Gasteiger partial charge in [-0.25, -0.2) is 9.78 Å². The molecule has 3 heterocycles. The summed E-state index contributed by atoms with van der Waals surface area (Å²) in [7, 11) is 0. The van der Waals surface area contributed by atoms with Crippen LogP contribution in [0.15, 0.2) is 29.6 Å². The number of aromatic nitrogens is 1. The summed E-state index contributed by atoms with van der Waals surface area (Å²) in [6.45, 7) is 5.37. The number of rotatable bonds is 6. The van der Waals surface area contributed by atoms with Gasteiger partial charge in [0.05, 0.1) is 16.9 Å². The topological polar surface area (TPSA) is 109 Å². The Morgan fingerprint density at radius 2 is 2.03 bits per heavy atom. The van der Waals surface area contributed by atoms with Gasteiger partial charge in [-0.2, -0.15) is 0 Å². The second-order valence-corrected chi connectivity index (χ2v) is 9.15. The molecule has 4 rings (SSSR count). The summed E-state index contributed by atoms with van der Waals surface area (Å²) in [6.07, 6.45) is 0.195. The molecule has 1 atom stereocenters. The van der Waals surface area contributed by atoms with E-state index in [-0.39, 0.29) is 37.1 Å². The number of fused-ring (bicyclic) bond motifs is 3. The Hall–Kier alpha value is -3.27. The number of anilines is 2. The van der Waals surface area contributed by atoms with Gasteiger partial charge in [-0.3, -0.25) is 24.6 Å². The van der Waals surface area contributed by atoms with Crippen LogP contribution >= 0.6 is 11.3 Å². The number of amides is 3. The molecule has 2 aliphatic heterocycles. The molecule has 1 saturated heterocycles. The third-order valence-electron chi connectivity index (χ3n) is 5.45. The van der Waals surface area contributed by atoms with Crippen molar-refractivity contribution in [2.45, 2.75) is 39.3 Å². The van der Waals surface area contributed by atoms with E-state index in [9.17, 15) is 19.2 Å². The summed E-state index contributed by atoms with van der Waals surface area (Å²) in [6, 6.07) is 6.74. The normalized spacial score (nSPS) is 19.8. The molecule has 2 aromatic rings. The predicted octanol–water partition coefficient (Wildman–Crippen LogP) is 2.57. The number of thiazole rings is 1. The van der Waals surface area contributed by atoms with E-state index in [1.54, 1.807) is 36.6 Å². The fourth-order valence-corrected chi connectivity index (χ4v) is 4.88. The summed E-state index contributed by atoms with van der Waals surface area (Å²) in [5.41, 5.74) is -0.0847. The molecule has 0 bridgehead atoms. The number of nitrogens with one attached hydrogen (secondary N) is 1. The van der Waals surface area contributed by atoms with Crippen molar-refractivity contribution in [2.75, 3.05) is 23.4 Å². The minimum absolute atomic E-state index is 0.0443. The molecule has 0 aliphatic carbocycles. The van der Waals surface area contributed by atoms with E-state index >= 15 is 0 Å². The molecule has 0 saturated carbocycles. The molecule has 0 radical (unpaired) electrons. The Balaban J connectivity index is 1.64. The highest BCUT2D eigenvalue weighted by atomic mass is 32.1. The van der Waals surface area contributed by atoms with Crippen molar-refractivity contribution in [1.29, 1.82) is 0 Å². The van der Waals surface area contributed by atoms with Crippen molar-refractivity contribution in [3.63, 3.8) is 0 Å². The summed E-state index contributed by atoms with van der Waals surface area (Å²) in [4.78, 5) is 59.0. The number of aryl methyl sites for hydroxylation is 1. The molecule has 3 amide bonds. The van der Waals surface area contributed by atoms with Gasteiger partial charge in [-0.05, 0) is 25.0 Å². The zero-order valence-corrected chi connectivity index (χ0v) is 18.9. The lowest BCUT2D eigenvalue weighted by Gasteiger charge is -2.48. The number of nitrogens with zero attached hydrogens (tertiary/aromatic N) is 3. The maximum absolute atomic E-state index is 13.5. The van der Waals surface area contributed by atoms with Crippen molar-refractivity contribution in [3.05, 3.63) is 40.9 Å². The molecule has 2 aliphatic rings. The molecule has 9 nitrogen and oxygen atoms in total. The van der Waals surface area contributed by atoms with Crippen molar-refractivity contribution in [1.82, 2.24) is 9.88 Å². The van der Waals surface area contributed by atoms with Gasteiger partial charge in [-0.15, -0.1) is 11.3 Å². The van der Waals surface area contributed by atoms with E-state index in [4.69, 9.17) is 4.74 Å². The van der Waals surface area contributed by atoms with Crippen LogP contribution in [0.25, 0.3) is 0 Å². The highest BCUT2D eigenvalue weighted by Gasteiger charge is 2.62. The van der Waals surface area contributed by atoms with Crippen molar-refractivity contribution in [3.8, 4) is 0 Å². The molecule has 1 aromatic carbocycles. The average molecular weight is 457 g/mol. The minimum Gasteiger partial charge on any atom is -0.452 e. The first-order valence-corrected chi connectivity index (χ1v) is 11.2. The molecular weight excluding hydrogens is 432 g/mol. The quantitative estimate of drug-likeness (QED) is 0.669. The van der Waals surface area contributed by atoms with E-state index in [0.29, 0.717) is 16.4 Å². The molecule has 32 heavy (non-hydrogen) atoms. The number of esters is 1. The number of carbonyl (C=O) groups is 4. The number of carbonyl (C=O) groups excluding carboxylic acids is 4. The van der Waals surface area contributed by atoms with Crippen LogP contribution in [0.5, 0.6) is 0 Å². The van der Waals surface area contributed by atoms with Gasteiger partial charge in [0.15, 0.2) is 11.7 Å². The van der Waals surface area contributed by atoms with Gasteiger partial charge >= 0.3 is 5.97 Å². The van der Waals surface area contributed by atoms with Gasteiger partial charge in [0.2, 0.25) is 11.6 Å². The summed E-state index contributed by atoms with van der Waals surface area (Å²) in [5, 5.41) is 4.78. The summed E-state index contributed by atoms with van der Waals surface area (Å²) >= 11 is 1.27. The van der Waals surface area contributed by atoms with Crippen molar-refractivity contribution in [2.24, 2.45) is 5.92 Å². The molecule has 1 N–H and O–H groups in total. The third kappa shape index (κ3) is 3.64. The first kappa shape index (κ1) is 21.9. The van der Waals surface area contributed by atoms with Crippen LogP contribution < -0.4 is 10.2 Å². The monoisotopic (exact) mass is 456 g/mol. The largest absolute Gasteiger partial charge is 0.452 e. The Morgan fingerprint density at radius 3 is 2.72 bits per heavy atom. The van der Waals surface area contributed by atoms with Crippen LogP contribution in [-0.2, 0) is 19.1 Å². The number of ether oxygens (including phenoxy) is 1. The Kier molecular flexibility index (Phi) is 5.72. The fourth-order valence-electron chi connectivity index (χ4n) is 4.18. The molecule has 168 valence electrons. The van der Waals surface area contributed by atoms with E-state index < -0.39 is 24.1 Å². The molecule has 0 spiro atoms. The number of para-hydroxylation sites is 1. The third-order valence-corrected chi connectivity index (χ3v) is 6.32. The highest BCUT2D eigenvalue weighted by molar-refractivity contribution is 7.13. The van der Waals surface area contributed by atoms with Crippen LogP contribution in [0.3, 0.4) is 0 Å². The van der Waals surface area contributed by atoms with Gasteiger partial charge in [0, 0.05) is 24.8 Å². The van der Waals surface area contributed by atoms with E-state index in [1.807, 2.05) is 13.8 Å². The van der Waals surface area contributed by atoms with Crippen LogP contribution in [-0.4, -0.2) is 52.4 Å². The lowest BCUT2D eigenvalue weighted by Crippen LogP contribution is -2.69. The summed E-state index contributed by atoms with van der Waals surface area (Å²) in [5.74, 6) is -1.89. The Morgan fingerprint density at radius 1 is 1.28 bits per heavy atom. The first-order chi connectivity index (χ1) is 15.2. The summed E-state index contributed by atoms with van der Waals surface area (Å²) < 4.78 is 5.39. The SMILES string of the molecule is Cc1csc(NC(=O)COC(=O)C23CCC(=O)N2c2ccccc2C(=O)N3CC(C)C)n1. The molecular formula is C22H24N4O5S. The number of benzene rings is 1. The molecule has 1 fully saturated rings. The molecule has 1 unspecified atom stereocenters. The number of hydrogen-bond acceptors (Lipinski definition) is 7. The smallest absolute Gasteiger partial charge is 0.354 e. The Labute approximate surface area is 189 Å². The van der Waals surface area contributed by atoms with E-state index in [1.165, 1.54) is 21.1 Å². The first-order valence-electron chi connectivity index (χ1n) is 10.4. The van der Waals surface area contributed by atoms with Gasteiger partial charge < -0.3 is 9.64 Å². The Bertz CT molecular complexity index is 1100. The lowest BCUT2D eigenvalue weighted by atomic mass is 9.95. The van der Waals surface area contributed by atoms with E-state index in [0.717, 1.165) is 5.69 Å². The number of hydrogen-bond donors (Lipinski definition) is 1. The van der Waals surface area contributed by atoms with Crippen LogP contribution in [0.1, 0.15) is 42.7 Å². The maximum Gasteiger partial charge on any atom is 0.354 e. The average Bonchev–Trinajstić information content (AvgIpc) is 3.32. The molecule has 1 aromatic heterocycles. The minimum atomic E-state index is -1.61. The second kappa shape index (κ2) is 8.34. The van der Waals surface area contributed by atoms with Crippen LogP contribution in [0.2, 0.25) is 0 Å². The van der Waals surface area contributed by atoms with Crippen LogP contribution in [0, 0.1) is 12.8 Å². The van der Waals surface area contributed by atoms with Gasteiger partial charge in [0.25, 0.3) is 11.8 Å². The van der Waals surface area contributed by atoms with E-state index in [2.05, 4.69) is 10.3 Å². The predicted molar refractivity (Wildman–Crippen MR) is 118 cm³/mol. The fraction of sp³-hybridized carbons (Fsp3) is 0.409. The zero-order valence-electron chi connectivity index (χ0n) is 18.1. The standard InChI is InChI=1S/C22H24N4O5S/c1-13(2)10-25-19(29)15-6-4-5-7-16(15)26-18(28)8-9-22(25,26)20(30)31-11-17(27)24-21-23-14(3)12-32-21/h4-7,12-13H,8-11H2,1-3H3,(H,23,24,27). The van der Waals surface area contributed by atoms with Crippen molar-refractivity contribution < 1.29 is 23.9 Å². The van der Waals surface area contributed by atoms with Gasteiger partial charge in [0.1, 0.15) is 0 Å². The van der Waals surface area contributed by atoms with Crippen molar-refractivity contribution >= 4 is 45.8 Å². The molecule has 10 heteroatoms. The highest BCUT2D eigenvalue weighted by Crippen LogP contribution is 2.45. The van der Waals surface area contributed by atoms with Gasteiger partial charge in [-0.1, -0.05) is 26.0 Å². The zero-order chi connectivity index (χ0) is 23.0. The second-order valence-electron chi connectivity index (χ2n) is 8.29. The lowest BCUT2D eigenvalue weighted by molar-refractivity contribution is -0.159. The van der Waals surface area contributed by atoms with Crippen LogP contribution in [0.4, 0.5) is 10.8 Å².